The number of aromatic hydroxyl groups is 1. The zero-order valence-corrected chi connectivity index (χ0v) is 19.2. The van der Waals surface area contributed by atoms with Gasteiger partial charge in [0.1, 0.15) is 17.6 Å². The highest BCUT2D eigenvalue weighted by Crippen LogP contribution is 2.47. The fraction of sp³-hybridized carbons (Fsp3) is 0.333. The monoisotopic (exact) mass is 461 g/mol. The molecule has 2 N–H and O–H groups in total. The molecule has 0 saturated carbocycles. The van der Waals surface area contributed by atoms with Gasteiger partial charge in [-0.25, -0.2) is 4.79 Å². The molecule has 1 fully saturated rings. The molecule has 2 aromatic rings. The third-order valence-corrected chi connectivity index (χ3v) is 6.71. The minimum atomic E-state index is -0.622. The number of hydrogen-bond donors (Lipinski definition) is 2. The molecule has 1 saturated heterocycles. The Morgan fingerprint density at radius 1 is 1.12 bits per heavy atom. The Kier molecular flexibility index (Phi) is 5.87. The number of rotatable bonds is 5. The first-order chi connectivity index (χ1) is 16.5. The van der Waals surface area contributed by atoms with E-state index >= 15 is 0 Å². The van der Waals surface area contributed by atoms with Gasteiger partial charge in [0, 0.05) is 35.2 Å². The molecule has 0 spiro atoms. The molecule has 7 nitrogen and oxygen atoms in total. The van der Waals surface area contributed by atoms with Crippen LogP contribution in [-0.4, -0.2) is 43.3 Å². The van der Waals surface area contributed by atoms with E-state index in [0.717, 1.165) is 17.0 Å². The van der Waals surface area contributed by atoms with Crippen LogP contribution in [-0.2, 0) is 19.1 Å². The molecule has 3 aliphatic rings. The summed E-state index contributed by atoms with van der Waals surface area (Å²) in [6.45, 7) is 2.57. The van der Waals surface area contributed by atoms with Crippen LogP contribution in [0.4, 0.5) is 0 Å². The number of para-hydroxylation sites is 1. The largest absolute Gasteiger partial charge is 0.508 e. The quantitative estimate of drug-likeness (QED) is 0.656. The number of Topliss-reactive ketones (excluding diaryl/α,β-unsaturated/α-hetero) is 1. The van der Waals surface area contributed by atoms with Crippen molar-refractivity contribution in [2.75, 3.05) is 20.3 Å². The summed E-state index contributed by atoms with van der Waals surface area (Å²) in [5.41, 5.74) is 4.04. The lowest BCUT2D eigenvalue weighted by atomic mass is 9.71. The van der Waals surface area contributed by atoms with Crippen LogP contribution in [0, 0.1) is 0 Å². The molecule has 34 heavy (non-hydrogen) atoms. The molecule has 5 rings (SSSR count). The van der Waals surface area contributed by atoms with Crippen molar-refractivity contribution in [1.29, 1.82) is 0 Å². The fourth-order valence-electron chi connectivity index (χ4n) is 5.07. The number of esters is 1. The second-order valence-corrected chi connectivity index (χ2v) is 8.92. The number of carbonyl (C=O) groups is 2. The smallest absolute Gasteiger partial charge is 0.337 e. The van der Waals surface area contributed by atoms with Crippen LogP contribution in [0.1, 0.15) is 42.7 Å². The minimum Gasteiger partial charge on any atom is -0.508 e. The first-order valence-electron chi connectivity index (χ1n) is 11.4. The standard InChI is InChI=1S/C27H27NO6/c1-15-24(27(31)34-19-13-33-14-19)25(16-6-5-7-18(29)10-16)26-21(28-15)11-17(12-22(26)30)20-8-3-4-9-23(20)32-2/h3-10,17,19,25,28-29H,11-14H2,1-2H3. The van der Waals surface area contributed by atoms with Crippen molar-refractivity contribution in [3.63, 3.8) is 0 Å². The van der Waals surface area contributed by atoms with E-state index in [-0.39, 0.29) is 23.6 Å². The van der Waals surface area contributed by atoms with Gasteiger partial charge >= 0.3 is 5.97 Å². The van der Waals surface area contributed by atoms with Crippen molar-refractivity contribution in [2.24, 2.45) is 0 Å². The number of phenols is 1. The third kappa shape index (κ3) is 3.96. The summed E-state index contributed by atoms with van der Waals surface area (Å²) in [7, 11) is 1.63. The van der Waals surface area contributed by atoms with Crippen molar-refractivity contribution in [2.45, 2.75) is 37.7 Å². The van der Waals surface area contributed by atoms with Crippen LogP contribution >= 0.6 is 0 Å². The molecule has 2 aromatic carbocycles. The van der Waals surface area contributed by atoms with Crippen LogP contribution in [0.2, 0.25) is 0 Å². The Balaban J connectivity index is 1.56. The van der Waals surface area contributed by atoms with E-state index in [1.54, 1.807) is 25.3 Å². The Morgan fingerprint density at radius 2 is 1.91 bits per heavy atom. The maximum atomic E-state index is 13.6. The molecule has 0 radical (unpaired) electrons. The van der Waals surface area contributed by atoms with E-state index < -0.39 is 11.9 Å². The molecule has 2 aliphatic heterocycles. The number of allylic oxidation sites excluding steroid dienone is 3. The molecule has 1 aliphatic carbocycles. The van der Waals surface area contributed by atoms with Crippen LogP contribution in [0.25, 0.3) is 0 Å². The van der Waals surface area contributed by atoms with Gasteiger partial charge in [0.25, 0.3) is 0 Å². The van der Waals surface area contributed by atoms with Crippen molar-refractivity contribution in [1.82, 2.24) is 5.32 Å². The van der Waals surface area contributed by atoms with Crippen LogP contribution in [0.15, 0.2) is 71.1 Å². The van der Waals surface area contributed by atoms with Crippen molar-refractivity contribution >= 4 is 11.8 Å². The second kappa shape index (κ2) is 8.99. The Morgan fingerprint density at radius 3 is 2.62 bits per heavy atom. The van der Waals surface area contributed by atoms with Crippen molar-refractivity contribution in [3.8, 4) is 11.5 Å². The van der Waals surface area contributed by atoms with E-state index in [1.807, 2.05) is 37.3 Å². The molecule has 176 valence electrons. The highest BCUT2D eigenvalue weighted by molar-refractivity contribution is 6.04. The van der Waals surface area contributed by atoms with E-state index in [2.05, 4.69) is 5.32 Å². The van der Waals surface area contributed by atoms with Gasteiger partial charge < -0.3 is 24.6 Å². The van der Waals surface area contributed by atoms with E-state index in [4.69, 9.17) is 14.2 Å². The highest BCUT2D eigenvalue weighted by atomic mass is 16.6. The number of dihydropyridines is 1. The van der Waals surface area contributed by atoms with Gasteiger partial charge in [0.05, 0.1) is 25.9 Å². The summed E-state index contributed by atoms with van der Waals surface area (Å²) in [5, 5.41) is 13.5. The Hall–Kier alpha value is -3.58. The van der Waals surface area contributed by atoms with Crippen LogP contribution < -0.4 is 10.1 Å². The number of carbonyl (C=O) groups excluding carboxylic acids is 2. The number of nitrogens with one attached hydrogen (secondary N) is 1. The molecule has 0 aromatic heterocycles. The Labute approximate surface area is 198 Å². The number of methoxy groups -OCH3 is 1. The van der Waals surface area contributed by atoms with Crippen molar-refractivity contribution < 1.29 is 28.9 Å². The molecule has 2 atom stereocenters. The topological polar surface area (TPSA) is 94.1 Å². The number of ether oxygens (including phenoxy) is 3. The zero-order chi connectivity index (χ0) is 23.8. The van der Waals surface area contributed by atoms with Crippen molar-refractivity contribution in [3.05, 3.63) is 82.2 Å². The average Bonchev–Trinajstić information content (AvgIpc) is 2.80. The molecule has 0 bridgehead atoms. The second-order valence-electron chi connectivity index (χ2n) is 8.92. The molecular weight excluding hydrogens is 434 g/mol. The van der Waals surface area contributed by atoms with Crippen LogP contribution in [0.3, 0.4) is 0 Å². The molecule has 7 heteroatoms. The SMILES string of the molecule is COc1ccccc1C1CC(=O)C2=C(C1)NC(C)=C(C(=O)OC1COC1)C2c1cccc(O)c1. The lowest BCUT2D eigenvalue weighted by molar-refractivity contribution is -0.168. The van der Waals surface area contributed by atoms with Gasteiger partial charge in [-0.15, -0.1) is 0 Å². The van der Waals surface area contributed by atoms with Gasteiger partial charge in [-0.1, -0.05) is 30.3 Å². The normalized spacial score (nSPS) is 22.6. The maximum Gasteiger partial charge on any atom is 0.337 e. The number of ketones is 1. The number of benzene rings is 2. The van der Waals surface area contributed by atoms with Gasteiger partial charge in [-0.05, 0) is 42.7 Å². The minimum absolute atomic E-state index is 0.0391. The lowest BCUT2D eigenvalue weighted by Crippen LogP contribution is -2.41. The zero-order valence-electron chi connectivity index (χ0n) is 19.2. The average molecular weight is 462 g/mol. The van der Waals surface area contributed by atoms with Gasteiger partial charge in [0.2, 0.25) is 0 Å². The molecule has 0 amide bonds. The molecule has 2 heterocycles. The summed E-state index contributed by atoms with van der Waals surface area (Å²) in [5.74, 6) is -0.355. The Bertz CT molecular complexity index is 1210. The fourth-order valence-corrected chi connectivity index (χ4v) is 5.07. The van der Waals surface area contributed by atoms with Gasteiger partial charge in [0.15, 0.2) is 5.78 Å². The van der Waals surface area contributed by atoms with Gasteiger partial charge in [-0.3, -0.25) is 4.79 Å². The van der Waals surface area contributed by atoms with E-state index in [0.29, 0.717) is 48.5 Å². The molecule has 2 unspecified atom stereocenters. The third-order valence-electron chi connectivity index (χ3n) is 6.71. The number of hydrogen-bond acceptors (Lipinski definition) is 7. The summed E-state index contributed by atoms with van der Waals surface area (Å²) in [4.78, 5) is 26.9. The van der Waals surface area contributed by atoms with Crippen LogP contribution in [0.5, 0.6) is 11.5 Å². The maximum absolute atomic E-state index is 13.6. The van der Waals surface area contributed by atoms with Gasteiger partial charge in [-0.2, -0.15) is 0 Å². The first-order valence-corrected chi connectivity index (χ1v) is 11.4. The molecular formula is C27H27NO6. The predicted octanol–water partition coefficient (Wildman–Crippen LogP) is 3.70. The lowest BCUT2D eigenvalue weighted by Gasteiger charge is -2.37. The first kappa shape index (κ1) is 22.2. The van der Waals surface area contributed by atoms with E-state index in [1.165, 1.54) is 0 Å². The summed E-state index contributed by atoms with van der Waals surface area (Å²) >= 11 is 0. The summed E-state index contributed by atoms with van der Waals surface area (Å²) < 4.78 is 16.3. The summed E-state index contributed by atoms with van der Waals surface area (Å²) in [6.07, 6.45) is 0.617. The highest BCUT2D eigenvalue weighted by Gasteiger charge is 2.42. The predicted molar refractivity (Wildman–Crippen MR) is 124 cm³/mol. The summed E-state index contributed by atoms with van der Waals surface area (Å²) in [6, 6.07) is 14.5. The van der Waals surface area contributed by atoms with E-state index in [9.17, 15) is 14.7 Å². The number of phenolic OH excluding ortho intramolecular Hbond substituents is 1.